The molecule has 190 valence electrons. The molecule has 0 amide bonds. The monoisotopic (exact) mass is 512 g/mol. The molecule has 37 heavy (non-hydrogen) atoms. The average molecular weight is 513 g/mol. The fourth-order valence-electron chi connectivity index (χ4n) is 4.70. The average Bonchev–Trinajstić information content (AvgIpc) is 3.57. The van der Waals surface area contributed by atoms with Gasteiger partial charge in [0.1, 0.15) is 5.82 Å². The molecule has 8 nitrogen and oxygen atoms in total. The quantitative estimate of drug-likeness (QED) is 0.328. The summed E-state index contributed by atoms with van der Waals surface area (Å²) in [5.74, 6) is 0.879. The highest BCUT2D eigenvalue weighted by Gasteiger charge is 2.28. The summed E-state index contributed by atoms with van der Waals surface area (Å²) >= 11 is 1.66. The molecule has 0 aromatic carbocycles. The summed E-state index contributed by atoms with van der Waals surface area (Å²) in [4.78, 5) is 15.6. The van der Waals surface area contributed by atoms with E-state index in [1.807, 2.05) is 24.5 Å². The molecule has 0 saturated carbocycles. The van der Waals surface area contributed by atoms with Crippen LogP contribution in [0.4, 0.5) is 5.82 Å². The molecule has 0 spiro atoms. The van der Waals surface area contributed by atoms with Crippen molar-refractivity contribution < 1.29 is 0 Å². The largest absolute Gasteiger partial charge is 0.383 e. The molecule has 1 saturated heterocycles. The number of rotatable bonds is 10. The first kappa shape index (κ1) is 24.9. The molecule has 1 aliphatic rings. The third-order valence-electron chi connectivity index (χ3n) is 7.01. The first-order chi connectivity index (χ1) is 18.0. The Balaban J connectivity index is 1.49. The first-order valence-electron chi connectivity index (χ1n) is 12.7. The van der Waals surface area contributed by atoms with E-state index >= 15 is 0 Å². The van der Waals surface area contributed by atoms with E-state index in [9.17, 15) is 5.26 Å². The van der Waals surface area contributed by atoms with Gasteiger partial charge >= 0.3 is 0 Å². The maximum atomic E-state index is 9.28. The van der Waals surface area contributed by atoms with Gasteiger partial charge < -0.3 is 10.2 Å². The first-order valence-corrected chi connectivity index (χ1v) is 13.6. The number of hydrogen-bond donors (Lipinski definition) is 1. The fraction of sp³-hybridized carbons (Fsp3) is 0.357. The summed E-state index contributed by atoms with van der Waals surface area (Å²) in [5.41, 5.74) is 5.15. The van der Waals surface area contributed by atoms with Crippen LogP contribution in [-0.4, -0.2) is 63.2 Å². The van der Waals surface area contributed by atoms with Gasteiger partial charge in [0.2, 0.25) is 0 Å². The smallest absolute Gasteiger partial charge is 0.165 e. The molecular weight excluding hydrogens is 480 g/mol. The van der Waals surface area contributed by atoms with Gasteiger partial charge in [0.25, 0.3) is 0 Å². The van der Waals surface area contributed by atoms with Crippen molar-refractivity contribution in [3.8, 4) is 27.9 Å². The lowest BCUT2D eigenvalue weighted by atomic mass is 10.0. The number of hydrogen-bond acceptors (Lipinski definition) is 8. The molecule has 4 aromatic rings. The minimum absolute atomic E-state index is 0.0390. The summed E-state index contributed by atoms with van der Waals surface area (Å²) in [6, 6.07) is 12.9. The predicted octanol–water partition coefficient (Wildman–Crippen LogP) is 4.77. The lowest BCUT2D eigenvalue weighted by molar-refractivity contribution is 0.231. The zero-order valence-electron chi connectivity index (χ0n) is 21.6. The zero-order chi connectivity index (χ0) is 25.9. The molecular formula is C28H32N8S. The van der Waals surface area contributed by atoms with E-state index in [2.05, 4.69) is 77.2 Å². The van der Waals surface area contributed by atoms with Crippen LogP contribution in [0.1, 0.15) is 26.3 Å². The van der Waals surface area contributed by atoms with Gasteiger partial charge in [-0.3, -0.25) is 4.90 Å². The third-order valence-corrected chi connectivity index (χ3v) is 7.91. The van der Waals surface area contributed by atoms with E-state index < -0.39 is 0 Å². The minimum atomic E-state index is 0.0390. The van der Waals surface area contributed by atoms with E-state index in [4.69, 9.17) is 9.97 Å². The van der Waals surface area contributed by atoms with Crippen molar-refractivity contribution in [2.45, 2.75) is 26.8 Å². The van der Waals surface area contributed by atoms with Gasteiger partial charge in [-0.05, 0) is 49.7 Å². The van der Waals surface area contributed by atoms with E-state index in [0.29, 0.717) is 19.1 Å². The standard InChI is InChI=1S/C28H32N8S/c1-5-34(6-2)19(3)15-30-20(4)22-12-25(32-27(13-22)35-17-21(14-29)18-35)23-16-31-36-10-9-24(33-28(23)36)26-8-7-11-37-26/h7-13,16,19,21,30H,4-6,15,17-18H2,1-3H3/t19-/m0/s1. The van der Waals surface area contributed by atoms with Crippen LogP contribution in [0, 0.1) is 17.2 Å². The van der Waals surface area contributed by atoms with Crippen LogP contribution >= 0.6 is 11.3 Å². The third kappa shape index (κ3) is 5.08. The van der Waals surface area contributed by atoms with Crippen LogP contribution in [0.3, 0.4) is 0 Å². The van der Waals surface area contributed by atoms with Crippen molar-refractivity contribution >= 4 is 28.5 Å². The van der Waals surface area contributed by atoms with Gasteiger partial charge in [-0.2, -0.15) is 10.4 Å². The van der Waals surface area contributed by atoms with E-state index in [0.717, 1.165) is 64.2 Å². The SMILES string of the molecule is C=C(NC[C@H](C)N(CC)CC)c1cc(-c2cnn3ccc(-c4cccs4)nc23)nc(N2CC(C#N)C2)c1. The predicted molar refractivity (Wildman–Crippen MR) is 150 cm³/mol. The van der Waals surface area contributed by atoms with Gasteiger partial charge in [-0.1, -0.05) is 26.5 Å². The minimum Gasteiger partial charge on any atom is -0.383 e. The van der Waals surface area contributed by atoms with Gasteiger partial charge in [-0.15, -0.1) is 11.3 Å². The molecule has 0 bridgehead atoms. The fourth-order valence-corrected chi connectivity index (χ4v) is 5.39. The molecule has 9 heteroatoms. The molecule has 1 fully saturated rings. The number of pyridine rings is 1. The molecule has 0 aliphatic carbocycles. The van der Waals surface area contributed by atoms with E-state index in [1.165, 1.54) is 0 Å². The summed E-state index contributed by atoms with van der Waals surface area (Å²) in [6.07, 6.45) is 3.76. The molecule has 1 atom stereocenters. The van der Waals surface area contributed by atoms with E-state index in [-0.39, 0.29) is 5.92 Å². The molecule has 4 aromatic heterocycles. The summed E-state index contributed by atoms with van der Waals surface area (Å²) < 4.78 is 1.79. The summed E-state index contributed by atoms with van der Waals surface area (Å²) in [5, 5.41) is 19.4. The number of nitrogens with one attached hydrogen (secondary N) is 1. The maximum absolute atomic E-state index is 9.28. The second-order valence-corrected chi connectivity index (χ2v) is 10.3. The number of nitriles is 1. The number of anilines is 1. The second-order valence-electron chi connectivity index (χ2n) is 9.38. The van der Waals surface area contributed by atoms with Crippen molar-refractivity contribution in [1.82, 2.24) is 29.8 Å². The topological polar surface area (TPSA) is 85.4 Å². The lowest BCUT2D eigenvalue weighted by Gasteiger charge is -2.36. The highest BCUT2D eigenvalue weighted by atomic mass is 32.1. The van der Waals surface area contributed by atoms with E-state index in [1.54, 1.807) is 15.9 Å². The van der Waals surface area contributed by atoms with Crippen molar-refractivity contribution in [2.24, 2.45) is 5.92 Å². The molecule has 5 heterocycles. The van der Waals surface area contributed by atoms with Crippen LogP contribution in [-0.2, 0) is 0 Å². The molecule has 1 N–H and O–H groups in total. The summed E-state index contributed by atoms with van der Waals surface area (Å²) in [7, 11) is 0. The molecule has 1 aliphatic heterocycles. The van der Waals surface area contributed by atoms with Gasteiger partial charge in [-0.25, -0.2) is 14.5 Å². The highest BCUT2D eigenvalue weighted by molar-refractivity contribution is 7.13. The van der Waals surface area contributed by atoms with Crippen molar-refractivity contribution in [1.29, 1.82) is 5.26 Å². The number of fused-ring (bicyclic) bond motifs is 1. The van der Waals surface area contributed by atoms with Crippen LogP contribution in [0.25, 0.3) is 33.2 Å². The van der Waals surface area contributed by atoms with Gasteiger partial charge in [0.05, 0.1) is 40.0 Å². The van der Waals surface area contributed by atoms with Gasteiger partial charge in [0, 0.05) is 43.1 Å². The number of nitrogens with zero attached hydrogens (tertiary/aromatic N) is 7. The molecule has 0 unspecified atom stereocenters. The lowest BCUT2D eigenvalue weighted by Crippen LogP contribution is -2.46. The zero-order valence-corrected chi connectivity index (χ0v) is 22.4. The Hall–Kier alpha value is -3.74. The Morgan fingerprint density at radius 3 is 2.76 bits per heavy atom. The van der Waals surface area contributed by atoms with Crippen LogP contribution in [0.15, 0.2) is 54.7 Å². The Morgan fingerprint density at radius 2 is 2.05 bits per heavy atom. The maximum Gasteiger partial charge on any atom is 0.165 e. The molecule has 0 radical (unpaired) electrons. The van der Waals surface area contributed by atoms with Gasteiger partial charge in [0.15, 0.2) is 5.65 Å². The number of likely N-dealkylation sites (N-methyl/N-ethyl adjacent to an activating group) is 1. The van der Waals surface area contributed by atoms with Crippen LogP contribution in [0.5, 0.6) is 0 Å². The number of aromatic nitrogens is 4. The molecule has 5 rings (SSSR count). The van der Waals surface area contributed by atoms with Crippen molar-refractivity contribution in [3.63, 3.8) is 0 Å². The Bertz CT molecular complexity index is 1420. The Labute approximate surface area is 221 Å². The van der Waals surface area contributed by atoms with Crippen molar-refractivity contribution in [2.75, 3.05) is 37.6 Å². The summed E-state index contributed by atoms with van der Waals surface area (Å²) in [6.45, 7) is 15.1. The van der Waals surface area contributed by atoms with Crippen LogP contribution < -0.4 is 10.2 Å². The number of thiophene rings is 1. The second kappa shape index (κ2) is 10.7. The highest BCUT2D eigenvalue weighted by Crippen LogP contribution is 2.32. The Kier molecular flexibility index (Phi) is 7.22. The normalized spacial score (nSPS) is 14.5. The van der Waals surface area contributed by atoms with Crippen LogP contribution in [0.2, 0.25) is 0 Å². The Morgan fingerprint density at radius 1 is 1.24 bits per heavy atom. The van der Waals surface area contributed by atoms with Crippen molar-refractivity contribution in [3.05, 3.63) is 60.2 Å².